The Hall–Kier alpha value is -2.95. The minimum Gasteiger partial charge on any atom is -0.507 e. The Bertz CT molecular complexity index is 1280. The average Bonchev–Trinajstić information content (AvgIpc) is 3.39. The summed E-state index contributed by atoms with van der Waals surface area (Å²) in [5, 5.41) is 45.9. The van der Waals surface area contributed by atoms with Crippen molar-refractivity contribution in [1.29, 1.82) is 0 Å². The molecule has 0 aliphatic heterocycles. The van der Waals surface area contributed by atoms with Gasteiger partial charge >= 0.3 is 0 Å². The predicted octanol–water partition coefficient (Wildman–Crippen LogP) is 1.32. The number of nitrogens with two attached hydrogens (primary N) is 1. The minimum atomic E-state index is -2.65. The number of phenolic OH excluding ortho intramolecular Hbond substituents is 1. The standard InChI is InChI=1S/C30H41N3O7/c1-32(2)19-13-15(10-9-14-7-5-6-8-14)24(34)21-17(19)11-16-12-18-23(33(3)4)26(36)22(29(31)39)28(38)30(18,40)27(37)20(16)25(21)35/h13-14,16,18,22-23,26,34-36,40H,5-12H2,1-4H3,(H2,31,39)/t16-,18-,22?,23-,26?,30-/m1/s1. The van der Waals surface area contributed by atoms with Crippen LogP contribution in [0.25, 0.3) is 5.76 Å². The SMILES string of the molecule is CN(C)c1cc(CCC2CCCC2)c(O)c2c1C[C@@H]1C[C@@H]3[C@@H](N(C)C)C(O)C(C(N)=O)C(=O)[C@]3(O)C(=O)C1=C2O. The van der Waals surface area contributed by atoms with Gasteiger partial charge in [0.15, 0.2) is 11.4 Å². The van der Waals surface area contributed by atoms with Crippen molar-refractivity contribution in [3.8, 4) is 5.75 Å². The van der Waals surface area contributed by atoms with Gasteiger partial charge in [-0.25, -0.2) is 0 Å². The molecule has 6 N–H and O–H groups in total. The minimum absolute atomic E-state index is 0.0875. The number of aliphatic hydroxyl groups is 3. The molecule has 5 rings (SSSR count). The number of nitrogens with zero attached hydrogens (tertiary/aromatic N) is 2. The second-order valence-corrected chi connectivity index (χ2v) is 12.6. The maximum absolute atomic E-state index is 14.1. The van der Waals surface area contributed by atoms with Crippen molar-refractivity contribution in [2.45, 2.75) is 69.1 Å². The number of likely N-dealkylation sites (N-methyl/N-ethyl adjacent to an activating group) is 1. The van der Waals surface area contributed by atoms with Gasteiger partial charge in [0.2, 0.25) is 11.7 Å². The fraction of sp³-hybridized carbons (Fsp3) is 0.633. The Balaban J connectivity index is 1.63. The summed E-state index contributed by atoms with van der Waals surface area (Å²) < 4.78 is 0. The molecule has 1 amide bonds. The zero-order valence-corrected chi connectivity index (χ0v) is 23.7. The molecular weight excluding hydrogens is 514 g/mol. The predicted molar refractivity (Wildman–Crippen MR) is 149 cm³/mol. The summed E-state index contributed by atoms with van der Waals surface area (Å²) in [6, 6.07) is 1.05. The van der Waals surface area contributed by atoms with Crippen LogP contribution in [0.4, 0.5) is 5.69 Å². The molecule has 10 nitrogen and oxygen atoms in total. The molecule has 0 radical (unpaired) electrons. The lowest BCUT2D eigenvalue weighted by atomic mass is 9.54. The zero-order chi connectivity index (χ0) is 29.3. The molecule has 218 valence electrons. The van der Waals surface area contributed by atoms with E-state index in [9.17, 15) is 34.8 Å². The zero-order valence-electron chi connectivity index (χ0n) is 23.7. The van der Waals surface area contributed by atoms with E-state index in [1.54, 1.807) is 19.0 Å². The Morgan fingerprint density at radius 3 is 2.35 bits per heavy atom. The first-order chi connectivity index (χ1) is 18.8. The number of aryl methyl sites for hydroxylation is 1. The summed E-state index contributed by atoms with van der Waals surface area (Å²) in [7, 11) is 7.05. The fourth-order valence-corrected chi connectivity index (χ4v) is 7.95. The van der Waals surface area contributed by atoms with Gasteiger partial charge in [-0.15, -0.1) is 0 Å². The van der Waals surface area contributed by atoms with Gasteiger partial charge in [0.1, 0.15) is 17.4 Å². The molecule has 10 heteroatoms. The van der Waals surface area contributed by atoms with Gasteiger partial charge in [0.05, 0.1) is 11.7 Å². The normalized spacial score (nSPS) is 32.2. The third-order valence-electron chi connectivity index (χ3n) is 9.92. The van der Waals surface area contributed by atoms with Gasteiger partial charge in [-0.2, -0.15) is 0 Å². The molecule has 2 unspecified atom stereocenters. The van der Waals surface area contributed by atoms with E-state index in [2.05, 4.69) is 0 Å². The third kappa shape index (κ3) is 4.14. The number of phenols is 1. The van der Waals surface area contributed by atoms with Crippen LogP contribution in [0.2, 0.25) is 0 Å². The van der Waals surface area contributed by atoms with Crippen molar-refractivity contribution in [3.63, 3.8) is 0 Å². The van der Waals surface area contributed by atoms with Crippen molar-refractivity contribution < 1.29 is 34.8 Å². The van der Waals surface area contributed by atoms with Crippen molar-refractivity contribution in [1.82, 2.24) is 4.90 Å². The van der Waals surface area contributed by atoms with Crippen LogP contribution in [-0.4, -0.2) is 88.7 Å². The van der Waals surface area contributed by atoms with Crippen LogP contribution in [0.1, 0.15) is 55.2 Å². The van der Waals surface area contributed by atoms with Crippen molar-refractivity contribution >= 4 is 28.9 Å². The number of benzene rings is 1. The van der Waals surface area contributed by atoms with Gasteiger partial charge in [-0.05, 0) is 68.8 Å². The van der Waals surface area contributed by atoms with Crippen LogP contribution in [0, 0.1) is 23.7 Å². The molecule has 0 aromatic heterocycles. The maximum Gasteiger partial charge on any atom is 0.230 e. The highest BCUT2D eigenvalue weighted by atomic mass is 16.3. The summed E-state index contributed by atoms with van der Waals surface area (Å²) in [6.45, 7) is 0. The van der Waals surface area contributed by atoms with E-state index in [1.807, 2.05) is 25.1 Å². The van der Waals surface area contributed by atoms with Gasteiger partial charge in [-0.3, -0.25) is 14.4 Å². The van der Waals surface area contributed by atoms with Gasteiger partial charge in [0, 0.05) is 37.3 Å². The molecular formula is C30H41N3O7. The Morgan fingerprint density at radius 2 is 1.77 bits per heavy atom. The number of aromatic hydroxyl groups is 1. The van der Waals surface area contributed by atoms with E-state index in [4.69, 9.17) is 5.73 Å². The number of rotatable bonds is 6. The van der Waals surface area contributed by atoms with Crippen LogP contribution in [0.5, 0.6) is 5.75 Å². The highest BCUT2D eigenvalue weighted by Crippen LogP contribution is 2.53. The molecule has 0 heterocycles. The molecule has 40 heavy (non-hydrogen) atoms. The molecule has 0 bridgehead atoms. The lowest BCUT2D eigenvalue weighted by Crippen LogP contribution is -2.73. The number of amides is 1. The first kappa shape index (κ1) is 28.6. The number of primary amides is 1. The van der Waals surface area contributed by atoms with Crippen LogP contribution >= 0.6 is 0 Å². The van der Waals surface area contributed by atoms with E-state index < -0.39 is 58.7 Å². The second kappa shape index (κ2) is 10.2. The summed E-state index contributed by atoms with van der Waals surface area (Å²) in [5.41, 5.74) is 5.04. The van der Waals surface area contributed by atoms with Crippen molar-refractivity contribution in [3.05, 3.63) is 28.3 Å². The Labute approximate surface area is 234 Å². The van der Waals surface area contributed by atoms with Crippen molar-refractivity contribution in [2.24, 2.45) is 29.4 Å². The largest absolute Gasteiger partial charge is 0.507 e. The average molecular weight is 556 g/mol. The second-order valence-electron chi connectivity index (χ2n) is 12.6. The third-order valence-corrected chi connectivity index (χ3v) is 9.92. The van der Waals surface area contributed by atoms with E-state index in [0.29, 0.717) is 29.9 Å². The van der Waals surface area contributed by atoms with Crippen LogP contribution in [-0.2, 0) is 27.2 Å². The number of carbonyl (C=O) groups excluding carboxylic acids is 3. The molecule has 0 saturated heterocycles. The number of fused-ring (bicyclic) bond motifs is 3. The number of hydrogen-bond acceptors (Lipinski definition) is 9. The maximum atomic E-state index is 14.1. The number of ketones is 2. The van der Waals surface area contributed by atoms with Gasteiger partial charge in [-0.1, -0.05) is 25.7 Å². The lowest BCUT2D eigenvalue weighted by molar-refractivity contribution is -0.184. The quantitative estimate of drug-likeness (QED) is 0.326. The van der Waals surface area contributed by atoms with Crippen molar-refractivity contribution in [2.75, 3.05) is 33.1 Å². The number of hydrogen-bond donors (Lipinski definition) is 5. The van der Waals surface area contributed by atoms with Gasteiger partial charge in [0.25, 0.3) is 0 Å². The van der Waals surface area contributed by atoms with Crippen LogP contribution < -0.4 is 10.6 Å². The highest BCUT2D eigenvalue weighted by molar-refractivity contribution is 6.25. The fourth-order valence-electron chi connectivity index (χ4n) is 7.95. The topological polar surface area (TPSA) is 165 Å². The first-order valence-electron chi connectivity index (χ1n) is 14.2. The summed E-state index contributed by atoms with van der Waals surface area (Å²) >= 11 is 0. The number of carbonyl (C=O) groups is 3. The molecule has 4 aliphatic carbocycles. The summed E-state index contributed by atoms with van der Waals surface area (Å²) in [5.74, 6) is -6.57. The Kier molecular flexibility index (Phi) is 7.25. The molecule has 3 saturated carbocycles. The summed E-state index contributed by atoms with van der Waals surface area (Å²) in [6.07, 6.45) is 5.19. The lowest BCUT2D eigenvalue weighted by Gasteiger charge is -2.53. The van der Waals surface area contributed by atoms with Crippen LogP contribution in [0.15, 0.2) is 11.6 Å². The number of anilines is 1. The van der Waals surface area contributed by atoms with E-state index in [-0.39, 0.29) is 23.3 Å². The molecule has 4 aliphatic rings. The molecule has 0 spiro atoms. The number of Topliss-reactive ketones (excluding diaryl/α,β-unsaturated/α-hetero) is 2. The van der Waals surface area contributed by atoms with Gasteiger partial charge < -0.3 is 36.0 Å². The first-order valence-corrected chi connectivity index (χ1v) is 14.2. The van der Waals surface area contributed by atoms with E-state index in [1.165, 1.54) is 25.7 Å². The summed E-state index contributed by atoms with van der Waals surface area (Å²) in [4.78, 5) is 43.3. The monoisotopic (exact) mass is 555 g/mol. The Morgan fingerprint density at radius 1 is 1.12 bits per heavy atom. The molecule has 6 atom stereocenters. The number of aliphatic hydroxyl groups excluding tert-OH is 2. The van der Waals surface area contributed by atoms with E-state index >= 15 is 0 Å². The molecule has 1 aromatic rings. The van der Waals surface area contributed by atoms with E-state index in [0.717, 1.165) is 12.1 Å². The smallest absolute Gasteiger partial charge is 0.230 e. The molecule has 3 fully saturated rings. The molecule has 1 aromatic carbocycles. The van der Waals surface area contributed by atoms with Crippen LogP contribution in [0.3, 0.4) is 0 Å². The highest BCUT2D eigenvalue weighted by Gasteiger charge is 2.67.